The first kappa shape index (κ1) is 20.3. The maximum atomic E-state index is 13.9. The Bertz CT molecular complexity index is 1050. The van der Waals surface area contributed by atoms with Gasteiger partial charge in [-0.05, 0) is 36.2 Å². The van der Waals surface area contributed by atoms with Gasteiger partial charge in [0.15, 0.2) is 5.13 Å². The van der Waals surface area contributed by atoms with Gasteiger partial charge < -0.3 is 0 Å². The number of aryl methyl sites for hydroxylation is 1. The van der Waals surface area contributed by atoms with Crippen LogP contribution in [0.4, 0.5) is 13.9 Å². The minimum atomic E-state index is -1.15. The average Bonchev–Trinajstić information content (AvgIpc) is 3.05. The SMILES string of the molecule is Cc1nc(N(C)C(=O)Cc2ccc(-c3cc(F)ccc3F)cc2)sc1[S@](C)=O. The van der Waals surface area contributed by atoms with Crippen LogP contribution in [0.25, 0.3) is 11.1 Å². The Kier molecular flexibility index (Phi) is 6.00. The molecule has 3 rings (SSSR count). The van der Waals surface area contributed by atoms with Gasteiger partial charge in [0.05, 0.1) is 22.9 Å². The van der Waals surface area contributed by atoms with Gasteiger partial charge in [-0.3, -0.25) is 13.9 Å². The second kappa shape index (κ2) is 8.28. The number of hydrogen-bond donors (Lipinski definition) is 0. The molecule has 0 unspecified atom stereocenters. The van der Waals surface area contributed by atoms with Crippen molar-refractivity contribution in [2.45, 2.75) is 17.6 Å². The fourth-order valence-corrected chi connectivity index (χ4v) is 4.63. The van der Waals surface area contributed by atoms with Crippen molar-refractivity contribution in [2.75, 3.05) is 18.2 Å². The number of anilines is 1. The highest BCUT2D eigenvalue weighted by molar-refractivity contribution is 7.86. The standard InChI is InChI=1S/C20H18F2N2O2S2/c1-12-19(28(3)26)27-20(23-12)24(2)18(25)10-13-4-6-14(7-5-13)16-11-15(21)8-9-17(16)22/h4-9,11H,10H2,1-3H3/t28-/m0/s1. The Morgan fingerprint density at radius 3 is 2.46 bits per heavy atom. The van der Waals surface area contributed by atoms with Crippen molar-refractivity contribution in [3.63, 3.8) is 0 Å². The second-order valence-corrected chi connectivity index (χ2v) is 8.83. The number of amides is 1. The van der Waals surface area contributed by atoms with Crippen LogP contribution in [0.15, 0.2) is 46.7 Å². The Labute approximate surface area is 168 Å². The van der Waals surface area contributed by atoms with E-state index in [0.29, 0.717) is 20.6 Å². The molecule has 0 saturated heterocycles. The van der Waals surface area contributed by atoms with Gasteiger partial charge in [0.25, 0.3) is 0 Å². The van der Waals surface area contributed by atoms with Gasteiger partial charge in [-0.25, -0.2) is 13.8 Å². The third-order valence-electron chi connectivity index (χ3n) is 4.21. The van der Waals surface area contributed by atoms with Gasteiger partial charge in [-0.2, -0.15) is 0 Å². The van der Waals surface area contributed by atoms with E-state index >= 15 is 0 Å². The largest absolute Gasteiger partial charge is 0.291 e. The molecule has 146 valence electrons. The number of aromatic nitrogens is 1. The van der Waals surface area contributed by atoms with E-state index < -0.39 is 22.4 Å². The number of carbonyl (C=O) groups excluding carboxylic acids is 1. The van der Waals surface area contributed by atoms with Crippen molar-refractivity contribution < 1.29 is 17.8 Å². The van der Waals surface area contributed by atoms with Crippen LogP contribution in [0.2, 0.25) is 0 Å². The fourth-order valence-electron chi connectivity index (χ4n) is 2.70. The van der Waals surface area contributed by atoms with E-state index in [0.717, 1.165) is 23.8 Å². The predicted octanol–water partition coefficient (Wildman–Crippen LogP) is 4.34. The molecule has 0 spiro atoms. The molecule has 1 heterocycles. The topological polar surface area (TPSA) is 50.3 Å². The molecule has 1 aromatic heterocycles. The first-order valence-corrected chi connectivity index (χ1v) is 10.8. The molecule has 0 aliphatic rings. The molecule has 28 heavy (non-hydrogen) atoms. The minimum absolute atomic E-state index is 0.131. The predicted molar refractivity (Wildman–Crippen MR) is 108 cm³/mol. The minimum Gasteiger partial charge on any atom is -0.291 e. The van der Waals surface area contributed by atoms with Gasteiger partial charge in [-0.15, -0.1) is 0 Å². The number of likely N-dealkylation sites (N-methyl/N-ethyl adjacent to an activating group) is 1. The van der Waals surface area contributed by atoms with Crippen LogP contribution in [0, 0.1) is 18.6 Å². The van der Waals surface area contributed by atoms with Crippen molar-refractivity contribution in [3.8, 4) is 11.1 Å². The quantitative estimate of drug-likeness (QED) is 0.617. The highest BCUT2D eigenvalue weighted by Crippen LogP contribution is 2.28. The second-order valence-electron chi connectivity index (χ2n) is 6.27. The van der Waals surface area contributed by atoms with E-state index in [9.17, 15) is 17.8 Å². The molecule has 0 radical (unpaired) electrons. The monoisotopic (exact) mass is 420 g/mol. The normalized spacial score (nSPS) is 12.0. The molecule has 8 heteroatoms. The van der Waals surface area contributed by atoms with Crippen molar-refractivity contribution in [3.05, 3.63) is 65.4 Å². The zero-order valence-electron chi connectivity index (χ0n) is 15.5. The van der Waals surface area contributed by atoms with E-state index in [1.165, 1.54) is 16.2 Å². The highest BCUT2D eigenvalue weighted by atomic mass is 32.2. The summed E-state index contributed by atoms with van der Waals surface area (Å²) in [5, 5.41) is 0.492. The highest BCUT2D eigenvalue weighted by Gasteiger charge is 2.18. The summed E-state index contributed by atoms with van der Waals surface area (Å²) < 4.78 is 39.6. The summed E-state index contributed by atoms with van der Waals surface area (Å²) >= 11 is 1.23. The molecule has 0 N–H and O–H groups in total. The lowest BCUT2D eigenvalue weighted by Crippen LogP contribution is -2.27. The first-order valence-electron chi connectivity index (χ1n) is 8.38. The number of nitrogens with zero attached hydrogens (tertiary/aromatic N) is 2. The van der Waals surface area contributed by atoms with E-state index in [2.05, 4.69) is 4.98 Å². The molecule has 4 nitrogen and oxygen atoms in total. The molecule has 2 aromatic carbocycles. The Balaban J connectivity index is 1.75. The van der Waals surface area contributed by atoms with Crippen molar-refractivity contribution in [2.24, 2.45) is 0 Å². The Morgan fingerprint density at radius 1 is 1.18 bits per heavy atom. The molecule has 0 fully saturated rings. The summed E-state index contributed by atoms with van der Waals surface area (Å²) in [4.78, 5) is 18.3. The summed E-state index contributed by atoms with van der Waals surface area (Å²) in [7, 11) is 0.473. The lowest BCUT2D eigenvalue weighted by atomic mass is 10.0. The number of halogens is 2. The number of hydrogen-bond acceptors (Lipinski definition) is 4. The molecular formula is C20H18F2N2O2S2. The smallest absolute Gasteiger partial charge is 0.232 e. The Morgan fingerprint density at radius 2 is 1.86 bits per heavy atom. The average molecular weight is 421 g/mol. The van der Waals surface area contributed by atoms with Crippen LogP contribution < -0.4 is 4.90 Å². The molecule has 3 aromatic rings. The summed E-state index contributed by atoms with van der Waals surface area (Å²) in [6, 6.07) is 10.0. The summed E-state index contributed by atoms with van der Waals surface area (Å²) in [6.45, 7) is 1.76. The third-order valence-corrected chi connectivity index (χ3v) is 7.01. The third kappa shape index (κ3) is 4.34. The van der Waals surface area contributed by atoms with Crippen LogP contribution in [-0.4, -0.2) is 28.4 Å². The molecular weight excluding hydrogens is 402 g/mol. The van der Waals surface area contributed by atoms with Crippen molar-refractivity contribution in [1.29, 1.82) is 0 Å². The molecule has 0 saturated carbocycles. The number of thiazole rings is 1. The van der Waals surface area contributed by atoms with Crippen LogP contribution in [0.5, 0.6) is 0 Å². The van der Waals surface area contributed by atoms with Crippen molar-refractivity contribution >= 4 is 33.2 Å². The fraction of sp³-hybridized carbons (Fsp3) is 0.200. The van der Waals surface area contributed by atoms with Gasteiger partial charge >= 0.3 is 0 Å². The summed E-state index contributed by atoms with van der Waals surface area (Å²) in [5.74, 6) is -1.19. The van der Waals surface area contributed by atoms with Crippen LogP contribution in [-0.2, 0) is 22.0 Å². The summed E-state index contributed by atoms with van der Waals surface area (Å²) in [5.41, 5.74) is 2.10. The van der Waals surface area contributed by atoms with Crippen molar-refractivity contribution in [1.82, 2.24) is 4.98 Å². The van der Waals surface area contributed by atoms with Crippen LogP contribution in [0.3, 0.4) is 0 Å². The maximum absolute atomic E-state index is 13.9. The summed E-state index contributed by atoms with van der Waals surface area (Å²) in [6.07, 6.45) is 1.71. The van der Waals surface area contributed by atoms with E-state index in [4.69, 9.17) is 0 Å². The number of rotatable bonds is 5. The molecule has 1 atom stereocenters. The van der Waals surface area contributed by atoms with Crippen LogP contribution in [0.1, 0.15) is 11.3 Å². The number of benzene rings is 2. The molecule has 0 aliphatic carbocycles. The lowest BCUT2D eigenvalue weighted by molar-refractivity contribution is -0.117. The van der Waals surface area contributed by atoms with Gasteiger partial charge in [0.2, 0.25) is 5.91 Å². The number of carbonyl (C=O) groups is 1. The van der Waals surface area contributed by atoms with Gasteiger partial charge in [0, 0.05) is 18.9 Å². The first-order chi connectivity index (χ1) is 13.3. The Hall–Kier alpha value is -2.45. The van der Waals surface area contributed by atoms with E-state index in [1.807, 2.05) is 0 Å². The van der Waals surface area contributed by atoms with Gasteiger partial charge in [0.1, 0.15) is 15.8 Å². The molecule has 0 bridgehead atoms. The molecule has 0 aliphatic heterocycles. The maximum Gasteiger partial charge on any atom is 0.232 e. The van der Waals surface area contributed by atoms with E-state index in [1.54, 1.807) is 44.5 Å². The van der Waals surface area contributed by atoms with E-state index in [-0.39, 0.29) is 17.9 Å². The van der Waals surface area contributed by atoms with Crippen LogP contribution >= 0.6 is 11.3 Å². The lowest BCUT2D eigenvalue weighted by Gasteiger charge is -2.14. The van der Waals surface area contributed by atoms with Gasteiger partial charge in [-0.1, -0.05) is 35.6 Å². The molecule has 1 amide bonds. The zero-order valence-corrected chi connectivity index (χ0v) is 17.2. The zero-order chi connectivity index (χ0) is 20.4.